The average molecular weight is 454 g/mol. The van der Waals surface area contributed by atoms with Crippen LogP contribution < -0.4 is 10.9 Å². The van der Waals surface area contributed by atoms with E-state index >= 15 is 0 Å². The number of fused-ring (bicyclic) bond motifs is 1. The number of amides is 3. The number of hydrogen-bond acceptors (Lipinski definition) is 4. The predicted molar refractivity (Wildman–Crippen MR) is 106 cm³/mol. The number of ether oxygens (including phenoxy) is 1. The molecule has 11 heteroatoms. The molecule has 2 atom stereocenters. The summed E-state index contributed by atoms with van der Waals surface area (Å²) in [6.45, 7) is 2.80. The number of alkyl halides is 3. The van der Waals surface area contributed by atoms with Crippen molar-refractivity contribution in [3.05, 3.63) is 34.2 Å². The molecule has 0 radical (unpaired) electrons. The molecular formula is C21H25F3N4O4. The number of nitrogens with one attached hydrogen (secondary N) is 1. The zero-order valence-electron chi connectivity index (χ0n) is 17.4. The highest BCUT2D eigenvalue weighted by Gasteiger charge is 2.54. The zero-order valence-corrected chi connectivity index (χ0v) is 17.4. The van der Waals surface area contributed by atoms with Crippen LogP contribution in [0.15, 0.2) is 23.1 Å². The monoisotopic (exact) mass is 454 g/mol. The van der Waals surface area contributed by atoms with Gasteiger partial charge in [-0.15, -0.1) is 0 Å². The first kappa shape index (κ1) is 21.3. The van der Waals surface area contributed by atoms with Crippen molar-refractivity contribution in [2.75, 3.05) is 32.8 Å². The summed E-state index contributed by atoms with van der Waals surface area (Å²) in [7, 11) is 0. The fraction of sp³-hybridized carbons (Fsp3) is 0.667. The first-order valence-electron chi connectivity index (χ1n) is 10.8. The molecule has 174 valence electrons. The van der Waals surface area contributed by atoms with Gasteiger partial charge in [-0.2, -0.15) is 13.2 Å². The summed E-state index contributed by atoms with van der Waals surface area (Å²) < 4.78 is 45.0. The van der Waals surface area contributed by atoms with E-state index in [1.54, 1.807) is 4.90 Å². The lowest BCUT2D eigenvalue weighted by molar-refractivity contribution is -0.140. The van der Waals surface area contributed by atoms with Crippen LogP contribution in [0.3, 0.4) is 0 Å². The number of piperidine rings is 1. The molecule has 1 aromatic rings. The Labute approximate surface area is 182 Å². The first-order valence-corrected chi connectivity index (χ1v) is 10.8. The average Bonchev–Trinajstić information content (AvgIpc) is 2.68. The van der Waals surface area contributed by atoms with E-state index in [0.717, 1.165) is 18.9 Å². The maximum absolute atomic E-state index is 12.9. The Hall–Kier alpha value is -2.56. The van der Waals surface area contributed by atoms with Gasteiger partial charge < -0.3 is 24.4 Å². The number of nitrogens with zero attached hydrogens (tertiary/aromatic N) is 3. The van der Waals surface area contributed by atoms with E-state index in [1.807, 2.05) is 4.90 Å². The third-order valence-electron chi connectivity index (χ3n) is 7.14. The minimum Gasteiger partial charge on any atom is -0.366 e. The molecule has 4 heterocycles. The van der Waals surface area contributed by atoms with E-state index in [4.69, 9.17) is 4.74 Å². The highest BCUT2D eigenvalue weighted by atomic mass is 19.4. The molecule has 1 spiro atoms. The Bertz CT molecular complexity index is 980. The van der Waals surface area contributed by atoms with Crippen LogP contribution in [0.4, 0.5) is 18.0 Å². The number of hydrogen-bond donors (Lipinski definition) is 1. The Morgan fingerprint density at radius 2 is 1.97 bits per heavy atom. The molecule has 3 saturated heterocycles. The van der Waals surface area contributed by atoms with Gasteiger partial charge in [0.05, 0.1) is 17.7 Å². The number of urea groups is 1. The lowest BCUT2D eigenvalue weighted by Crippen LogP contribution is -2.68. The number of halogens is 3. The summed E-state index contributed by atoms with van der Waals surface area (Å²) in [5.74, 6) is 0.0585. The Kier molecular flexibility index (Phi) is 4.99. The van der Waals surface area contributed by atoms with Crippen molar-refractivity contribution >= 4 is 11.9 Å². The van der Waals surface area contributed by atoms with Crippen LogP contribution >= 0.6 is 0 Å². The molecule has 4 aliphatic rings. The van der Waals surface area contributed by atoms with Gasteiger partial charge in [-0.3, -0.25) is 9.59 Å². The predicted octanol–water partition coefficient (Wildman–Crippen LogP) is 1.29. The maximum Gasteiger partial charge on any atom is 0.416 e. The molecule has 2 unspecified atom stereocenters. The highest BCUT2D eigenvalue weighted by molar-refractivity contribution is 5.79. The van der Waals surface area contributed by atoms with Crippen molar-refractivity contribution in [2.24, 2.45) is 11.3 Å². The number of pyridine rings is 1. The smallest absolute Gasteiger partial charge is 0.366 e. The fourth-order valence-corrected chi connectivity index (χ4v) is 5.64. The first-order chi connectivity index (χ1) is 15.1. The third-order valence-corrected chi connectivity index (χ3v) is 7.14. The van der Waals surface area contributed by atoms with Crippen LogP contribution in [-0.4, -0.2) is 71.2 Å². The van der Waals surface area contributed by atoms with E-state index in [9.17, 15) is 27.6 Å². The summed E-state index contributed by atoms with van der Waals surface area (Å²) in [4.78, 5) is 40.0. The molecule has 5 rings (SSSR count). The van der Waals surface area contributed by atoms with Crippen LogP contribution in [-0.2, 0) is 22.3 Å². The van der Waals surface area contributed by atoms with Crippen LogP contribution in [0.5, 0.6) is 0 Å². The molecule has 32 heavy (non-hydrogen) atoms. The van der Waals surface area contributed by atoms with Gasteiger partial charge in [0.25, 0.3) is 5.56 Å². The lowest BCUT2D eigenvalue weighted by Gasteiger charge is -2.60. The van der Waals surface area contributed by atoms with E-state index < -0.39 is 17.3 Å². The van der Waals surface area contributed by atoms with Crippen molar-refractivity contribution in [1.29, 1.82) is 0 Å². The summed E-state index contributed by atoms with van der Waals surface area (Å²) in [6, 6.07) is 1.37. The maximum atomic E-state index is 12.9. The summed E-state index contributed by atoms with van der Waals surface area (Å²) >= 11 is 0. The van der Waals surface area contributed by atoms with Gasteiger partial charge in [-0.1, -0.05) is 0 Å². The molecule has 8 nitrogen and oxygen atoms in total. The number of likely N-dealkylation sites (tertiary alicyclic amines) is 2. The van der Waals surface area contributed by atoms with Crippen molar-refractivity contribution in [2.45, 2.75) is 44.1 Å². The van der Waals surface area contributed by atoms with E-state index in [2.05, 4.69) is 5.32 Å². The Morgan fingerprint density at radius 3 is 2.66 bits per heavy atom. The van der Waals surface area contributed by atoms with E-state index in [0.29, 0.717) is 45.2 Å². The second-order valence-electron chi connectivity index (χ2n) is 9.57. The second kappa shape index (κ2) is 7.50. The van der Waals surface area contributed by atoms with Gasteiger partial charge in [0.15, 0.2) is 0 Å². The van der Waals surface area contributed by atoms with Crippen molar-refractivity contribution < 1.29 is 27.5 Å². The molecule has 0 aromatic carbocycles. The van der Waals surface area contributed by atoms with Gasteiger partial charge in [0.1, 0.15) is 6.61 Å². The highest BCUT2D eigenvalue weighted by Crippen LogP contribution is 2.52. The fourth-order valence-electron chi connectivity index (χ4n) is 5.64. The molecule has 3 aliphatic heterocycles. The topological polar surface area (TPSA) is 83.9 Å². The molecule has 1 aromatic heterocycles. The number of morpholine rings is 1. The minimum absolute atomic E-state index is 0.0312. The Morgan fingerprint density at radius 1 is 1.22 bits per heavy atom. The van der Waals surface area contributed by atoms with Crippen LogP contribution in [0.25, 0.3) is 0 Å². The van der Waals surface area contributed by atoms with Gasteiger partial charge in [0, 0.05) is 50.4 Å². The molecule has 0 bridgehead atoms. The second-order valence-corrected chi connectivity index (χ2v) is 9.57. The largest absolute Gasteiger partial charge is 0.416 e. The van der Waals surface area contributed by atoms with Crippen LogP contribution in [0.1, 0.15) is 24.8 Å². The number of rotatable bonds is 2. The van der Waals surface area contributed by atoms with Gasteiger partial charge in [-0.05, 0) is 31.2 Å². The molecular weight excluding hydrogens is 429 g/mol. The quantitative estimate of drug-likeness (QED) is 0.730. The molecule has 1 aliphatic carbocycles. The van der Waals surface area contributed by atoms with E-state index in [1.165, 1.54) is 10.8 Å². The van der Waals surface area contributed by atoms with Crippen molar-refractivity contribution in [1.82, 2.24) is 19.7 Å². The summed E-state index contributed by atoms with van der Waals surface area (Å²) in [6.07, 6.45) is -0.965. The SMILES string of the molecule is O=C1COC2CCN(C(=O)N3CC4(CC(Cn5ccc(C(F)(F)F)cc5=O)C4)C3)CC2N1. The standard InChI is InChI=1S/C21H25F3N4O4/c22-21(23,24)14-1-3-26(18(30)5-14)8-13-6-20(7-13)11-28(12-20)19(31)27-4-2-16-15(9-27)25-17(29)10-32-16/h1,3,5,13,15-16H,2,4,6-12H2,(H,25,29). The van der Waals surface area contributed by atoms with Gasteiger partial charge >= 0.3 is 12.2 Å². The number of carbonyl (C=O) groups is 2. The lowest BCUT2D eigenvalue weighted by atomic mass is 9.57. The van der Waals surface area contributed by atoms with E-state index in [-0.39, 0.29) is 42.0 Å². The van der Waals surface area contributed by atoms with Crippen molar-refractivity contribution in [3.8, 4) is 0 Å². The molecule has 1 saturated carbocycles. The summed E-state index contributed by atoms with van der Waals surface area (Å²) in [5, 5.41) is 2.90. The van der Waals surface area contributed by atoms with Crippen LogP contribution in [0.2, 0.25) is 0 Å². The summed E-state index contributed by atoms with van der Waals surface area (Å²) in [5.41, 5.74) is -1.52. The number of carbonyl (C=O) groups excluding carboxylic acids is 2. The minimum atomic E-state index is -4.52. The van der Waals surface area contributed by atoms with Gasteiger partial charge in [-0.25, -0.2) is 4.79 Å². The number of aromatic nitrogens is 1. The normalized spacial score (nSPS) is 27.4. The van der Waals surface area contributed by atoms with Gasteiger partial charge in [0.2, 0.25) is 5.91 Å². The molecule has 3 amide bonds. The molecule has 4 fully saturated rings. The van der Waals surface area contributed by atoms with Crippen molar-refractivity contribution in [3.63, 3.8) is 0 Å². The Balaban J connectivity index is 1.10. The molecule has 1 N–H and O–H groups in total. The third kappa shape index (κ3) is 3.87. The zero-order chi connectivity index (χ0) is 22.7. The van der Waals surface area contributed by atoms with Crippen LogP contribution in [0, 0.1) is 11.3 Å².